The molecule has 0 unspecified atom stereocenters. The van der Waals surface area contributed by atoms with Crippen molar-refractivity contribution in [2.24, 2.45) is 0 Å². The Kier molecular flexibility index (Phi) is 6.94. The Hall–Kier alpha value is 0.120. The molecule has 76 valence electrons. The van der Waals surface area contributed by atoms with Gasteiger partial charge >= 0.3 is 35.5 Å². The molecular weight excluding hydrogens is 219 g/mol. The quantitative estimate of drug-likeness (QED) is 0.223. The van der Waals surface area contributed by atoms with Crippen molar-refractivity contribution in [2.75, 3.05) is 5.75 Å². The summed E-state index contributed by atoms with van der Waals surface area (Å²) in [5, 5.41) is 0. The van der Waals surface area contributed by atoms with Crippen molar-refractivity contribution >= 4 is 16.1 Å². The molecule has 0 aromatic heterocycles. The summed E-state index contributed by atoms with van der Waals surface area (Å²) in [6.07, 6.45) is 0.902. The zero-order valence-corrected chi connectivity index (χ0v) is 11.3. The smallest absolute Gasteiger partial charge is 0.748 e. The summed E-state index contributed by atoms with van der Waals surface area (Å²) in [6.45, 7) is 5.81. The zero-order valence-electron chi connectivity index (χ0n) is 8.44. The Morgan fingerprint density at radius 3 is 2.29 bits per heavy atom. The SMILES string of the molecule is C=CC(=O)OC(C)(C)CS(=O)(=O)[O-].[Na+]. The number of carbonyl (C=O) groups is 1. The molecule has 0 N–H and O–H groups in total. The van der Waals surface area contributed by atoms with Gasteiger partial charge in [-0.05, 0) is 13.8 Å². The van der Waals surface area contributed by atoms with Gasteiger partial charge in [0.1, 0.15) is 5.60 Å². The molecular formula is C7H11NaO5S. The van der Waals surface area contributed by atoms with Crippen LogP contribution in [0.4, 0.5) is 0 Å². The maximum atomic E-state index is 10.7. The van der Waals surface area contributed by atoms with E-state index in [-0.39, 0.29) is 29.6 Å². The first-order valence-corrected chi connectivity index (χ1v) is 5.03. The van der Waals surface area contributed by atoms with Crippen LogP contribution in [0, 0.1) is 0 Å². The molecule has 14 heavy (non-hydrogen) atoms. The topological polar surface area (TPSA) is 83.5 Å². The Balaban J connectivity index is 0. The van der Waals surface area contributed by atoms with Crippen LogP contribution in [0.1, 0.15) is 13.8 Å². The zero-order chi connectivity index (χ0) is 10.7. The molecule has 0 radical (unpaired) electrons. The summed E-state index contributed by atoms with van der Waals surface area (Å²) in [5.74, 6) is -1.51. The average molecular weight is 230 g/mol. The predicted octanol–water partition coefficient (Wildman–Crippen LogP) is -2.96. The third-order valence-electron chi connectivity index (χ3n) is 1.07. The summed E-state index contributed by atoms with van der Waals surface area (Å²) in [5.41, 5.74) is -1.31. The molecule has 0 aliphatic heterocycles. The van der Waals surface area contributed by atoms with Gasteiger partial charge in [-0.1, -0.05) is 6.58 Å². The first kappa shape index (κ1) is 16.5. The van der Waals surface area contributed by atoms with Gasteiger partial charge in [0.25, 0.3) is 0 Å². The molecule has 0 saturated carbocycles. The van der Waals surface area contributed by atoms with Crippen LogP contribution in [0.2, 0.25) is 0 Å². The van der Waals surface area contributed by atoms with Gasteiger partial charge in [-0.3, -0.25) is 0 Å². The van der Waals surface area contributed by atoms with E-state index in [2.05, 4.69) is 11.3 Å². The van der Waals surface area contributed by atoms with E-state index < -0.39 is 27.4 Å². The summed E-state index contributed by atoms with van der Waals surface area (Å²) >= 11 is 0. The van der Waals surface area contributed by atoms with Crippen molar-refractivity contribution in [1.82, 2.24) is 0 Å². The minimum atomic E-state index is -4.40. The minimum absolute atomic E-state index is 0. The number of esters is 1. The third kappa shape index (κ3) is 8.71. The maximum absolute atomic E-state index is 10.7. The van der Waals surface area contributed by atoms with E-state index in [1.807, 2.05) is 0 Å². The fourth-order valence-electron chi connectivity index (χ4n) is 0.769. The van der Waals surface area contributed by atoms with Gasteiger partial charge in [0.2, 0.25) is 0 Å². The minimum Gasteiger partial charge on any atom is -0.748 e. The Labute approximate surface area is 106 Å². The Morgan fingerprint density at radius 2 is 2.00 bits per heavy atom. The van der Waals surface area contributed by atoms with Crippen LogP contribution >= 0.6 is 0 Å². The number of hydrogen-bond donors (Lipinski definition) is 0. The molecule has 0 saturated heterocycles. The average Bonchev–Trinajstić information content (AvgIpc) is 1.80. The molecule has 0 aliphatic rings. The number of rotatable bonds is 4. The molecule has 0 bridgehead atoms. The summed E-state index contributed by atoms with van der Waals surface area (Å²) in [4.78, 5) is 10.7. The number of carbonyl (C=O) groups excluding carboxylic acids is 1. The van der Waals surface area contributed by atoms with Crippen LogP contribution < -0.4 is 29.6 Å². The van der Waals surface area contributed by atoms with Gasteiger partial charge in [0, 0.05) is 6.08 Å². The molecule has 0 spiro atoms. The van der Waals surface area contributed by atoms with E-state index in [1.165, 1.54) is 13.8 Å². The monoisotopic (exact) mass is 230 g/mol. The molecule has 5 nitrogen and oxygen atoms in total. The molecule has 0 atom stereocenters. The largest absolute Gasteiger partial charge is 1.00 e. The van der Waals surface area contributed by atoms with Gasteiger partial charge in [-0.25, -0.2) is 13.2 Å². The van der Waals surface area contributed by atoms with Crippen LogP contribution in [0.25, 0.3) is 0 Å². The van der Waals surface area contributed by atoms with Crippen molar-refractivity contribution in [3.63, 3.8) is 0 Å². The maximum Gasteiger partial charge on any atom is 1.00 e. The van der Waals surface area contributed by atoms with E-state index in [4.69, 9.17) is 0 Å². The molecule has 0 amide bonds. The fourth-order valence-corrected chi connectivity index (χ4v) is 1.68. The second-order valence-corrected chi connectivity index (χ2v) is 4.49. The second kappa shape index (κ2) is 5.87. The summed E-state index contributed by atoms with van der Waals surface area (Å²) in [6, 6.07) is 0. The van der Waals surface area contributed by atoms with Crippen LogP contribution in [-0.4, -0.2) is 30.3 Å². The van der Waals surface area contributed by atoms with Crippen LogP contribution in [0.15, 0.2) is 12.7 Å². The van der Waals surface area contributed by atoms with Gasteiger partial charge < -0.3 is 9.29 Å². The molecule has 0 aliphatic carbocycles. The fraction of sp³-hybridized carbons (Fsp3) is 0.571. The van der Waals surface area contributed by atoms with Gasteiger partial charge in [-0.15, -0.1) is 0 Å². The van der Waals surface area contributed by atoms with Gasteiger partial charge in [-0.2, -0.15) is 0 Å². The standard InChI is InChI=1S/C7H12O5S.Na/c1-4-6(8)12-7(2,3)5-13(9,10)11;/h4H,1,5H2,2-3H3,(H,9,10,11);/q;+1/p-1. The van der Waals surface area contributed by atoms with Crippen LogP contribution in [0.3, 0.4) is 0 Å². The second-order valence-electron chi connectivity index (χ2n) is 3.09. The van der Waals surface area contributed by atoms with E-state index in [1.54, 1.807) is 0 Å². The summed E-state index contributed by atoms with van der Waals surface area (Å²) < 4.78 is 35.7. The first-order chi connectivity index (χ1) is 5.66. The van der Waals surface area contributed by atoms with Crippen molar-refractivity contribution < 1.29 is 52.1 Å². The Bertz CT molecular complexity index is 306. The molecule has 0 aromatic rings. The molecule has 0 heterocycles. The van der Waals surface area contributed by atoms with E-state index in [9.17, 15) is 17.8 Å². The first-order valence-electron chi connectivity index (χ1n) is 3.45. The van der Waals surface area contributed by atoms with Crippen LogP contribution in [0.5, 0.6) is 0 Å². The predicted molar refractivity (Wildman–Crippen MR) is 44.9 cm³/mol. The van der Waals surface area contributed by atoms with E-state index >= 15 is 0 Å². The van der Waals surface area contributed by atoms with E-state index in [0.29, 0.717) is 0 Å². The third-order valence-corrected chi connectivity index (χ3v) is 2.12. The van der Waals surface area contributed by atoms with E-state index in [0.717, 1.165) is 6.08 Å². The molecule has 0 aromatic carbocycles. The number of ether oxygens (including phenoxy) is 1. The van der Waals surface area contributed by atoms with Crippen LogP contribution in [-0.2, 0) is 19.6 Å². The van der Waals surface area contributed by atoms with Crippen molar-refractivity contribution in [3.05, 3.63) is 12.7 Å². The van der Waals surface area contributed by atoms with Gasteiger partial charge in [0.15, 0.2) is 0 Å². The molecule has 0 fully saturated rings. The molecule has 7 heteroatoms. The number of hydrogen-bond acceptors (Lipinski definition) is 5. The summed E-state index contributed by atoms with van der Waals surface area (Å²) in [7, 11) is -4.40. The van der Waals surface area contributed by atoms with Crippen molar-refractivity contribution in [3.8, 4) is 0 Å². The normalized spacial score (nSPS) is 11.4. The van der Waals surface area contributed by atoms with Gasteiger partial charge in [0.05, 0.1) is 15.9 Å². The van der Waals surface area contributed by atoms with Crippen molar-refractivity contribution in [1.29, 1.82) is 0 Å². The van der Waals surface area contributed by atoms with Crippen molar-refractivity contribution in [2.45, 2.75) is 19.4 Å². The molecule has 0 rings (SSSR count). The Morgan fingerprint density at radius 1 is 1.57 bits per heavy atom.